The van der Waals surface area contributed by atoms with Crippen LogP contribution >= 0.6 is 0 Å². The van der Waals surface area contributed by atoms with Crippen molar-refractivity contribution < 1.29 is 41.9 Å². The Morgan fingerprint density at radius 1 is 0.526 bits per heavy atom. The van der Waals surface area contributed by atoms with Gasteiger partial charge in [0.05, 0.1) is 36.4 Å². The second kappa shape index (κ2) is 23.9. The number of phenolic OH excluding ortho intramolecular Hbond substituents is 1. The first-order valence-electron chi connectivity index (χ1n) is 28.8. The second-order valence-corrected chi connectivity index (χ2v) is 25.6. The fourth-order valence-corrected chi connectivity index (χ4v) is 14.8. The molecule has 6 aromatic carbocycles. The van der Waals surface area contributed by atoms with E-state index in [0.717, 1.165) is 151 Å². The molecule has 8 aliphatic carbocycles. The predicted octanol–water partition coefficient (Wildman–Crippen LogP) is 13.8. The van der Waals surface area contributed by atoms with E-state index in [1.54, 1.807) is 12.1 Å². The smallest absolute Gasteiger partial charge is 0.311 e. The Labute approximate surface area is 462 Å². The molecule has 0 saturated heterocycles. The van der Waals surface area contributed by atoms with Crippen molar-refractivity contribution in [2.75, 3.05) is 13.4 Å². The van der Waals surface area contributed by atoms with Gasteiger partial charge in [0.25, 0.3) is 10.1 Å². The highest BCUT2D eigenvalue weighted by atomic mass is 32.2. The minimum absolute atomic E-state index is 0.0152. The van der Waals surface area contributed by atoms with Gasteiger partial charge in [-0.3, -0.25) is 13.8 Å². The number of ether oxygens (including phenoxy) is 2. The van der Waals surface area contributed by atoms with E-state index in [9.17, 15) is 28.2 Å². The minimum atomic E-state index is -3.31. The van der Waals surface area contributed by atoms with Crippen LogP contribution in [0.3, 0.4) is 0 Å². The van der Waals surface area contributed by atoms with Crippen molar-refractivity contribution in [2.24, 2.45) is 10.8 Å². The monoisotopic (exact) mass is 1080 g/mol. The van der Waals surface area contributed by atoms with Crippen molar-refractivity contribution in [3.05, 3.63) is 156 Å². The molecule has 8 fully saturated rings. The molecule has 8 aliphatic rings. The van der Waals surface area contributed by atoms with Crippen LogP contribution in [-0.4, -0.2) is 67.2 Å². The van der Waals surface area contributed by atoms with Crippen molar-refractivity contribution in [3.8, 4) is 11.5 Å². The summed E-state index contributed by atoms with van der Waals surface area (Å²) in [7, 11) is -1.80. The van der Waals surface area contributed by atoms with Crippen LogP contribution < -0.4 is 15.4 Å². The van der Waals surface area contributed by atoms with Gasteiger partial charge in [0, 0.05) is 24.2 Å². The van der Waals surface area contributed by atoms with Gasteiger partial charge in [0.2, 0.25) is 0 Å². The molecule has 0 aromatic heterocycles. The molecule has 0 heterocycles. The number of esters is 1. The second-order valence-electron chi connectivity index (χ2n) is 24.0. The van der Waals surface area contributed by atoms with Crippen molar-refractivity contribution >= 4 is 43.6 Å². The maximum absolute atomic E-state index is 12.1. The summed E-state index contributed by atoms with van der Waals surface area (Å²) in [6.07, 6.45) is 20.8. The molecule has 14 rings (SSSR count). The number of aliphatic carboxylic acids is 1. The molecule has 0 atom stereocenters. The van der Waals surface area contributed by atoms with Gasteiger partial charge in [0.15, 0.2) is 0 Å². The molecule has 4 bridgehead atoms. The third-order valence-corrected chi connectivity index (χ3v) is 19.8. The molecular weight excluding hydrogens is 997 g/mol. The third kappa shape index (κ3) is 13.3. The number of carboxylic acid groups (broad SMARTS) is 1. The van der Waals surface area contributed by atoms with E-state index in [1.165, 1.54) is 53.0 Å². The Morgan fingerprint density at radius 2 is 0.949 bits per heavy atom. The number of carbonyl (C=O) groups is 2. The number of phenols is 1. The lowest BCUT2D eigenvalue weighted by Gasteiger charge is -2.52. The van der Waals surface area contributed by atoms with Crippen LogP contribution in [0.15, 0.2) is 133 Å². The lowest BCUT2D eigenvalue weighted by atomic mass is 9.57. The molecule has 78 heavy (non-hydrogen) atoms. The van der Waals surface area contributed by atoms with Crippen molar-refractivity contribution in [1.82, 2.24) is 10.6 Å². The number of benzene rings is 6. The molecular formula is C66H80N2O9S. The number of methoxy groups -OCH3 is 1. The van der Waals surface area contributed by atoms with E-state index in [-0.39, 0.29) is 28.6 Å². The van der Waals surface area contributed by atoms with Crippen LogP contribution in [0.2, 0.25) is 0 Å². The fraction of sp³-hybridized carbons (Fsp3) is 0.485. The predicted molar refractivity (Wildman–Crippen MR) is 308 cm³/mol. The fourth-order valence-electron chi connectivity index (χ4n) is 14.1. The molecule has 12 heteroatoms. The summed E-state index contributed by atoms with van der Waals surface area (Å²) >= 11 is 0. The number of carboxylic acids is 1. The summed E-state index contributed by atoms with van der Waals surface area (Å²) in [5.74, 6) is 1.89. The van der Waals surface area contributed by atoms with Gasteiger partial charge in [-0.25, -0.2) is 0 Å². The summed E-state index contributed by atoms with van der Waals surface area (Å²) in [5.41, 5.74) is 4.96. The van der Waals surface area contributed by atoms with Crippen LogP contribution in [0, 0.1) is 10.8 Å². The topological polar surface area (TPSA) is 160 Å². The number of carbonyl (C=O) groups excluding carboxylic acids is 1. The first kappa shape index (κ1) is 55.5. The highest BCUT2D eigenvalue weighted by molar-refractivity contribution is 7.86. The zero-order chi connectivity index (χ0) is 54.4. The van der Waals surface area contributed by atoms with E-state index < -0.39 is 21.5 Å². The largest absolute Gasteiger partial charge is 0.508 e. The van der Waals surface area contributed by atoms with E-state index in [4.69, 9.17) is 13.7 Å². The van der Waals surface area contributed by atoms with Crippen molar-refractivity contribution in [3.63, 3.8) is 0 Å². The number of fused-ring (bicyclic) bond motifs is 8. The molecule has 0 aliphatic heterocycles. The number of rotatable bonds is 14. The molecule has 0 unspecified atom stereocenters. The Kier molecular flexibility index (Phi) is 17.0. The Hall–Kier alpha value is -5.79. The normalized spacial score (nSPS) is 28.4. The summed E-state index contributed by atoms with van der Waals surface area (Å²) in [4.78, 5) is 23.8. The molecule has 11 nitrogen and oxygen atoms in total. The summed E-state index contributed by atoms with van der Waals surface area (Å²) in [5, 5.41) is 31.5. The number of hydrogen-bond acceptors (Lipinski definition) is 10. The lowest BCUT2D eigenvalue weighted by molar-refractivity contribution is -0.160. The van der Waals surface area contributed by atoms with E-state index in [0.29, 0.717) is 23.7 Å². The Balaban J connectivity index is 0.000000142. The van der Waals surface area contributed by atoms with Gasteiger partial charge in [-0.05, 0) is 220 Å². The average Bonchev–Trinajstić information content (AvgIpc) is 3.66. The first-order valence-corrected chi connectivity index (χ1v) is 30.6. The zero-order valence-electron chi connectivity index (χ0n) is 45.7. The molecule has 8 saturated carbocycles. The minimum Gasteiger partial charge on any atom is -0.508 e. The molecule has 0 spiro atoms. The van der Waals surface area contributed by atoms with Crippen LogP contribution in [0.1, 0.15) is 163 Å². The van der Waals surface area contributed by atoms with Gasteiger partial charge in [0.1, 0.15) is 11.5 Å². The first-order chi connectivity index (χ1) is 37.6. The molecule has 414 valence electrons. The Morgan fingerprint density at radius 3 is 1.41 bits per heavy atom. The quantitative estimate of drug-likeness (QED) is 0.0607. The van der Waals surface area contributed by atoms with Gasteiger partial charge in [-0.1, -0.05) is 97.1 Å². The number of aromatic hydroxyl groups is 1. The number of hydrogen-bond donors (Lipinski definition) is 4. The molecule has 0 radical (unpaired) electrons. The van der Waals surface area contributed by atoms with Crippen molar-refractivity contribution in [1.29, 1.82) is 0 Å². The van der Waals surface area contributed by atoms with E-state index in [1.807, 2.05) is 12.1 Å². The molecule has 6 aromatic rings. The maximum atomic E-state index is 12.1. The maximum Gasteiger partial charge on any atom is 0.311 e. The highest BCUT2D eigenvalue weighted by Crippen LogP contribution is 2.54. The summed E-state index contributed by atoms with van der Waals surface area (Å²) < 4.78 is 38.5. The zero-order valence-corrected chi connectivity index (χ0v) is 46.5. The van der Waals surface area contributed by atoms with E-state index >= 15 is 0 Å². The molecule has 0 amide bonds. The lowest BCUT2D eigenvalue weighted by Crippen LogP contribution is -2.56. The SMILES string of the molecule is COC(=O)C12CCC(NCc3ccc4cc(O)ccc4c3)(CC1)CC2.CS(=O)(=O)OC1CCC(c2ccccc2)CC1.O=C(O)C12CCC(NCc3ccc4cc(OC5CCC(c6ccccc6)CC5)ccc4c3)(CC1)CC2. The van der Waals surface area contributed by atoms with Gasteiger partial charge < -0.3 is 30.3 Å². The Bertz CT molecular complexity index is 3080. The van der Waals surface area contributed by atoms with Crippen LogP contribution in [0.4, 0.5) is 0 Å². The molecule has 4 N–H and O–H groups in total. The van der Waals surface area contributed by atoms with Gasteiger partial charge >= 0.3 is 11.9 Å². The standard InChI is InChI=1S/C32H37NO3.C21H25NO3.C13H18O3S/c34-30(35)31-14-17-32(18-15-31,19-16-31)33-22-23-6-7-27-21-29(13-10-26(27)20-23)36-28-11-8-25(9-12-28)24-4-2-1-3-5-24;1-25-19(24)20-6-9-21(10-7-20,11-8-20)22-14-15-2-3-17-13-18(23)5-4-16(17)12-15;1-17(14,15)16-13-9-7-12(8-10-13)11-5-3-2-4-6-11/h1-7,10,13,20-21,25,28,33H,8-9,11-12,14-19,22H2,(H,34,35);2-5,12-13,22-23H,6-11,14H2,1H3;2-6,12-13H,7-10H2,1H3. The number of nitrogens with one attached hydrogen (secondary N) is 2. The van der Waals surface area contributed by atoms with Crippen LogP contribution in [0.25, 0.3) is 21.5 Å². The van der Waals surface area contributed by atoms with Crippen molar-refractivity contribution in [2.45, 2.75) is 177 Å². The van der Waals surface area contributed by atoms with Gasteiger partial charge in [-0.15, -0.1) is 0 Å². The third-order valence-electron chi connectivity index (χ3n) is 19.2. The van der Waals surface area contributed by atoms with Crippen LogP contribution in [0.5, 0.6) is 11.5 Å². The highest BCUT2D eigenvalue weighted by Gasteiger charge is 2.54. The summed E-state index contributed by atoms with van der Waals surface area (Å²) in [6.45, 7) is 1.67. The van der Waals surface area contributed by atoms with E-state index in [2.05, 4.69) is 120 Å². The van der Waals surface area contributed by atoms with Gasteiger partial charge in [-0.2, -0.15) is 8.42 Å². The average molecular weight is 1080 g/mol. The van der Waals surface area contributed by atoms with Crippen LogP contribution in [-0.2, 0) is 41.7 Å². The summed E-state index contributed by atoms with van der Waals surface area (Å²) in [6, 6.07) is 46.3.